The van der Waals surface area contributed by atoms with Crippen LogP contribution in [0.15, 0.2) is 28.3 Å². The Hall–Kier alpha value is -2.35. The van der Waals surface area contributed by atoms with Gasteiger partial charge in [0.05, 0.1) is 15.6 Å². The first-order valence-electron chi connectivity index (χ1n) is 8.67. The highest BCUT2D eigenvalue weighted by molar-refractivity contribution is 8.04. The van der Waals surface area contributed by atoms with Gasteiger partial charge in [-0.25, -0.2) is 0 Å². The predicted octanol–water partition coefficient (Wildman–Crippen LogP) is 5.69. The van der Waals surface area contributed by atoms with Gasteiger partial charge in [-0.3, -0.25) is 4.79 Å². The minimum Gasteiger partial charge on any atom is -0.507 e. The van der Waals surface area contributed by atoms with Crippen LogP contribution in [0.3, 0.4) is 0 Å². The number of hydrogen-bond acceptors (Lipinski definition) is 6. The van der Waals surface area contributed by atoms with Crippen molar-refractivity contribution in [3.05, 3.63) is 40.5 Å². The molecule has 0 saturated heterocycles. The Bertz CT molecular complexity index is 962. The third-order valence-corrected chi connectivity index (χ3v) is 5.44. The molecule has 5 nitrogen and oxygen atoms in total. The van der Waals surface area contributed by atoms with Crippen LogP contribution in [0.1, 0.15) is 68.6 Å². The smallest absolute Gasteiger partial charge is 0.195 e. The first kappa shape index (κ1) is 21.9. The van der Waals surface area contributed by atoms with Gasteiger partial charge < -0.3 is 10.1 Å². The van der Waals surface area contributed by atoms with Gasteiger partial charge in [-0.2, -0.15) is 10.5 Å². The molecule has 2 aromatic rings. The Morgan fingerprint density at radius 1 is 0.964 bits per heavy atom. The molecule has 0 atom stereocenters. The number of nitrogens with zero attached hydrogens (tertiary/aromatic N) is 2. The van der Waals surface area contributed by atoms with Gasteiger partial charge in [0.1, 0.15) is 16.6 Å². The van der Waals surface area contributed by atoms with Crippen molar-refractivity contribution in [2.24, 2.45) is 0 Å². The molecule has 2 rings (SSSR count). The number of phenolic OH excluding ortho intramolecular Hbond substituents is 1. The van der Waals surface area contributed by atoms with Crippen LogP contribution in [0.25, 0.3) is 0 Å². The lowest BCUT2D eigenvalue weighted by molar-refractivity contribution is 0.103. The monoisotopic (exact) mass is 413 g/mol. The Labute approximate surface area is 174 Å². The standard InChI is InChI=1S/C21H23N3O2S2/c1-20(2,3)14-7-12(8-15(18(14)26)21(4,5)6)17(25)13-9-16(27-10-22)24-19(13)28-11-23/h7-9,24,26H,1-6H3. The summed E-state index contributed by atoms with van der Waals surface area (Å²) in [6.45, 7) is 11.9. The van der Waals surface area contributed by atoms with Crippen molar-refractivity contribution in [2.75, 3.05) is 0 Å². The van der Waals surface area contributed by atoms with Gasteiger partial charge in [0.15, 0.2) is 5.78 Å². The number of hydrogen-bond donors (Lipinski definition) is 2. The van der Waals surface area contributed by atoms with E-state index < -0.39 is 0 Å². The molecule has 0 unspecified atom stereocenters. The summed E-state index contributed by atoms with van der Waals surface area (Å²) in [4.78, 5) is 16.3. The van der Waals surface area contributed by atoms with Crippen LogP contribution in [0.2, 0.25) is 0 Å². The first-order valence-corrected chi connectivity index (χ1v) is 10.3. The maximum atomic E-state index is 13.3. The van der Waals surface area contributed by atoms with Crippen LogP contribution in [-0.4, -0.2) is 15.9 Å². The summed E-state index contributed by atoms with van der Waals surface area (Å²) < 4.78 is 0. The quantitative estimate of drug-likeness (QED) is 0.379. The van der Waals surface area contributed by atoms with Gasteiger partial charge in [-0.05, 0) is 29.0 Å². The molecule has 0 aliphatic rings. The van der Waals surface area contributed by atoms with Crippen LogP contribution in [-0.2, 0) is 10.8 Å². The number of carbonyl (C=O) groups excluding carboxylic acids is 1. The van der Waals surface area contributed by atoms with Gasteiger partial charge in [0.2, 0.25) is 0 Å². The summed E-state index contributed by atoms with van der Waals surface area (Å²) in [5.41, 5.74) is 1.46. The third kappa shape index (κ3) is 4.55. The molecule has 1 aromatic carbocycles. The molecule has 0 fully saturated rings. The lowest BCUT2D eigenvalue weighted by atomic mass is 9.78. The molecule has 1 aromatic heterocycles. The molecule has 0 amide bonds. The number of nitrogens with one attached hydrogen (secondary N) is 1. The van der Waals surface area contributed by atoms with Crippen LogP contribution in [0, 0.1) is 21.3 Å². The molecular formula is C21H23N3O2S2. The molecule has 0 aliphatic heterocycles. The average Bonchev–Trinajstić information content (AvgIpc) is 2.95. The number of ketones is 1. The van der Waals surface area contributed by atoms with Crippen LogP contribution >= 0.6 is 23.5 Å². The van der Waals surface area contributed by atoms with E-state index in [9.17, 15) is 9.90 Å². The molecule has 1 heterocycles. The number of benzene rings is 1. The summed E-state index contributed by atoms with van der Waals surface area (Å²) in [5.74, 6) is -0.0484. The Morgan fingerprint density at radius 2 is 1.46 bits per heavy atom. The highest BCUT2D eigenvalue weighted by Crippen LogP contribution is 2.40. The summed E-state index contributed by atoms with van der Waals surface area (Å²) in [6, 6.07) is 5.03. The van der Waals surface area contributed by atoms with Gasteiger partial charge >= 0.3 is 0 Å². The molecule has 0 saturated carbocycles. The van der Waals surface area contributed by atoms with Crippen molar-refractivity contribution in [1.82, 2.24) is 4.98 Å². The number of H-pyrrole nitrogens is 1. The van der Waals surface area contributed by atoms with Crippen molar-refractivity contribution in [1.29, 1.82) is 10.5 Å². The van der Waals surface area contributed by atoms with Crippen molar-refractivity contribution < 1.29 is 9.90 Å². The summed E-state index contributed by atoms with van der Waals surface area (Å²) in [7, 11) is 0. The molecule has 0 aliphatic carbocycles. The number of thioether (sulfide) groups is 2. The van der Waals surface area contributed by atoms with E-state index in [4.69, 9.17) is 10.5 Å². The second-order valence-electron chi connectivity index (χ2n) is 8.51. The van der Waals surface area contributed by atoms with Gasteiger partial charge in [0.25, 0.3) is 0 Å². The lowest BCUT2D eigenvalue weighted by Gasteiger charge is -2.28. The topological polar surface area (TPSA) is 101 Å². The number of aromatic amines is 1. The zero-order valence-corrected chi connectivity index (χ0v) is 18.4. The van der Waals surface area contributed by atoms with Gasteiger partial charge in [-0.1, -0.05) is 41.5 Å². The number of aromatic hydroxyl groups is 1. The van der Waals surface area contributed by atoms with E-state index in [0.29, 0.717) is 32.3 Å². The average molecular weight is 414 g/mol. The van der Waals surface area contributed by atoms with Crippen molar-refractivity contribution in [3.8, 4) is 16.6 Å². The maximum absolute atomic E-state index is 13.3. The fraction of sp³-hybridized carbons (Fsp3) is 0.381. The SMILES string of the molecule is CC(C)(C)c1cc(C(=O)c2cc(SC#N)[nH]c2SC#N)cc(C(C)(C)C)c1O. The summed E-state index contributed by atoms with van der Waals surface area (Å²) >= 11 is 1.75. The molecule has 0 spiro atoms. The fourth-order valence-corrected chi connectivity index (χ4v) is 3.88. The summed E-state index contributed by atoms with van der Waals surface area (Å²) in [6.07, 6.45) is 0. The van der Waals surface area contributed by atoms with Crippen LogP contribution < -0.4 is 0 Å². The van der Waals surface area contributed by atoms with E-state index in [0.717, 1.165) is 23.5 Å². The molecular weight excluding hydrogens is 390 g/mol. The number of aromatic nitrogens is 1. The molecule has 7 heteroatoms. The molecule has 28 heavy (non-hydrogen) atoms. The van der Waals surface area contributed by atoms with Crippen molar-refractivity contribution in [3.63, 3.8) is 0 Å². The zero-order valence-electron chi connectivity index (χ0n) is 16.8. The first-order chi connectivity index (χ1) is 12.9. The maximum Gasteiger partial charge on any atom is 0.195 e. The lowest BCUT2D eigenvalue weighted by Crippen LogP contribution is -2.19. The van der Waals surface area contributed by atoms with Crippen LogP contribution in [0.4, 0.5) is 0 Å². The zero-order chi connectivity index (χ0) is 21.3. The Kier molecular flexibility index (Phi) is 6.23. The van der Waals surface area contributed by atoms with Crippen molar-refractivity contribution >= 4 is 29.3 Å². The Balaban J connectivity index is 2.70. The van der Waals surface area contributed by atoms with E-state index >= 15 is 0 Å². The Morgan fingerprint density at radius 3 is 1.89 bits per heavy atom. The number of thiocyanates is 2. The predicted molar refractivity (Wildman–Crippen MR) is 113 cm³/mol. The number of phenols is 1. The highest BCUT2D eigenvalue weighted by atomic mass is 32.2. The molecule has 2 N–H and O–H groups in total. The summed E-state index contributed by atoms with van der Waals surface area (Å²) in [5, 5.41) is 33.6. The second-order valence-corrected chi connectivity index (χ2v) is 10.1. The normalized spacial score (nSPS) is 11.7. The third-order valence-electron chi connectivity index (χ3n) is 4.29. The minimum atomic E-state index is -0.357. The number of carbonyl (C=O) groups is 1. The molecule has 146 valence electrons. The van der Waals surface area contributed by atoms with Gasteiger partial charge in [0, 0.05) is 40.2 Å². The highest BCUT2D eigenvalue weighted by Gasteiger charge is 2.29. The minimum absolute atomic E-state index is 0.206. The van der Waals surface area contributed by atoms with Gasteiger partial charge in [-0.15, -0.1) is 0 Å². The van der Waals surface area contributed by atoms with Crippen molar-refractivity contribution in [2.45, 2.75) is 62.4 Å². The number of nitriles is 2. The fourth-order valence-electron chi connectivity index (χ4n) is 2.88. The number of rotatable bonds is 4. The van der Waals surface area contributed by atoms with E-state index in [-0.39, 0.29) is 22.4 Å². The van der Waals surface area contributed by atoms with E-state index in [1.807, 2.05) is 52.3 Å². The molecule has 0 bridgehead atoms. The van der Waals surface area contributed by atoms with Crippen LogP contribution in [0.5, 0.6) is 5.75 Å². The second kappa shape index (κ2) is 7.95. The molecule has 0 radical (unpaired) electrons. The largest absolute Gasteiger partial charge is 0.507 e. The van der Waals surface area contributed by atoms with E-state index in [1.165, 1.54) is 0 Å². The van der Waals surface area contributed by atoms with E-state index in [2.05, 4.69) is 4.98 Å². The van der Waals surface area contributed by atoms with E-state index in [1.54, 1.807) is 18.2 Å².